The Bertz CT molecular complexity index is 1180. The zero-order valence-corrected chi connectivity index (χ0v) is 20.0. The molecular weight excluding hydrogens is 480 g/mol. The predicted molar refractivity (Wildman–Crippen MR) is 130 cm³/mol. The van der Waals surface area contributed by atoms with Gasteiger partial charge in [0, 0.05) is 7.11 Å². The van der Waals surface area contributed by atoms with Crippen LogP contribution >= 0.6 is 0 Å². The predicted octanol–water partition coefficient (Wildman–Crippen LogP) is 3.03. The molecule has 0 unspecified atom stereocenters. The van der Waals surface area contributed by atoms with E-state index in [2.05, 4.69) is 0 Å². The Morgan fingerprint density at radius 1 is 0.757 bits per heavy atom. The van der Waals surface area contributed by atoms with Gasteiger partial charge in [0.25, 0.3) is 0 Å². The molecular formula is C28H26O9. The number of carbonyl (C=O) groups excluding carboxylic acids is 3. The molecule has 4 rings (SSSR count). The van der Waals surface area contributed by atoms with Crippen LogP contribution in [0.1, 0.15) is 31.1 Å². The molecule has 3 aromatic carbocycles. The van der Waals surface area contributed by atoms with Crippen molar-refractivity contribution >= 4 is 17.9 Å². The molecule has 0 aliphatic carbocycles. The molecule has 5 atom stereocenters. The molecule has 1 aliphatic rings. The molecule has 1 fully saturated rings. The van der Waals surface area contributed by atoms with Gasteiger partial charge in [0.05, 0.1) is 16.7 Å². The van der Waals surface area contributed by atoms with E-state index < -0.39 is 55.2 Å². The second kappa shape index (κ2) is 12.3. The largest absolute Gasteiger partial charge is 0.458 e. The van der Waals surface area contributed by atoms with Crippen LogP contribution in [-0.2, 0) is 23.7 Å². The molecule has 3 aromatic rings. The maximum absolute atomic E-state index is 12.9. The molecule has 1 aliphatic heterocycles. The first-order valence-electron chi connectivity index (χ1n) is 11.6. The van der Waals surface area contributed by atoms with Crippen LogP contribution in [0.3, 0.4) is 0 Å². The summed E-state index contributed by atoms with van der Waals surface area (Å²) in [4.78, 5) is 38.3. The molecule has 9 heteroatoms. The van der Waals surface area contributed by atoms with Crippen LogP contribution in [0, 0.1) is 0 Å². The third-order valence-corrected chi connectivity index (χ3v) is 5.77. The van der Waals surface area contributed by atoms with Crippen LogP contribution in [0.2, 0.25) is 0 Å². The van der Waals surface area contributed by atoms with E-state index in [4.69, 9.17) is 23.7 Å². The van der Waals surface area contributed by atoms with Crippen LogP contribution < -0.4 is 0 Å². The quantitative estimate of drug-likeness (QED) is 0.345. The minimum Gasteiger partial charge on any atom is -0.458 e. The minimum absolute atomic E-state index is 0.251. The van der Waals surface area contributed by atoms with Crippen molar-refractivity contribution < 1.29 is 43.2 Å². The lowest BCUT2D eigenvalue weighted by molar-refractivity contribution is -0.155. The second-order valence-electron chi connectivity index (χ2n) is 8.20. The van der Waals surface area contributed by atoms with E-state index in [1.165, 1.54) is 7.11 Å². The van der Waals surface area contributed by atoms with Crippen LogP contribution in [0.4, 0.5) is 0 Å². The summed E-state index contributed by atoms with van der Waals surface area (Å²) in [5.74, 6) is -2.06. The Morgan fingerprint density at radius 2 is 1.24 bits per heavy atom. The number of carbonyl (C=O) groups is 3. The van der Waals surface area contributed by atoms with Gasteiger partial charge in [-0.2, -0.15) is 0 Å². The van der Waals surface area contributed by atoms with E-state index in [1.807, 2.05) is 0 Å². The van der Waals surface area contributed by atoms with E-state index in [1.54, 1.807) is 91.0 Å². The Kier molecular flexibility index (Phi) is 8.63. The molecule has 1 heterocycles. The Labute approximate surface area is 213 Å². The average molecular weight is 507 g/mol. The maximum Gasteiger partial charge on any atom is 0.338 e. The van der Waals surface area contributed by atoms with Crippen molar-refractivity contribution in [3.05, 3.63) is 108 Å². The highest BCUT2D eigenvalue weighted by atomic mass is 16.7. The number of methoxy groups -OCH3 is 1. The molecule has 0 amide bonds. The van der Waals surface area contributed by atoms with Crippen molar-refractivity contribution in [2.45, 2.75) is 30.7 Å². The molecule has 0 radical (unpaired) electrons. The Balaban J connectivity index is 1.58. The standard InChI is InChI=1S/C28H26O9/c1-33-24-23(37-27(31)20-15-9-4-10-16-20)22(36-28(24)32)21(35-26(30)19-13-7-3-8-14-19)17-34-25(29)18-11-5-2-6-12-18/h2-16,21-24,28,32H,17H2,1H3/t21-,22+,23+,24-,28-/m1/s1. The molecule has 192 valence electrons. The van der Waals surface area contributed by atoms with Crippen molar-refractivity contribution in [3.8, 4) is 0 Å². The number of aliphatic hydroxyl groups excluding tert-OH is 1. The monoisotopic (exact) mass is 506 g/mol. The fourth-order valence-electron chi connectivity index (χ4n) is 3.91. The number of benzene rings is 3. The summed E-state index contributed by atoms with van der Waals surface area (Å²) >= 11 is 0. The highest BCUT2D eigenvalue weighted by Gasteiger charge is 2.52. The lowest BCUT2D eigenvalue weighted by Crippen LogP contribution is -2.46. The van der Waals surface area contributed by atoms with Gasteiger partial charge in [0.15, 0.2) is 18.5 Å². The highest BCUT2D eigenvalue weighted by molar-refractivity contribution is 5.90. The van der Waals surface area contributed by atoms with Gasteiger partial charge in [-0.25, -0.2) is 14.4 Å². The zero-order chi connectivity index (χ0) is 26.2. The van der Waals surface area contributed by atoms with Gasteiger partial charge in [0.1, 0.15) is 18.8 Å². The van der Waals surface area contributed by atoms with E-state index in [-0.39, 0.29) is 11.1 Å². The summed E-state index contributed by atoms with van der Waals surface area (Å²) in [7, 11) is 1.32. The fraction of sp³-hybridized carbons (Fsp3) is 0.250. The van der Waals surface area contributed by atoms with Crippen molar-refractivity contribution in [1.29, 1.82) is 0 Å². The average Bonchev–Trinajstić information content (AvgIpc) is 3.26. The van der Waals surface area contributed by atoms with Gasteiger partial charge in [-0.15, -0.1) is 0 Å². The third kappa shape index (κ3) is 6.39. The first-order valence-corrected chi connectivity index (χ1v) is 11.6. The van der Waals surface area contributed by atoms with E-state index in [0.29, 0.717) is 5.56 Å². The first kappa shape index (κ1) is 26.0. The third-order valence-electron chi connectivity index (χ3n) is 5.77. The van der Waals surface area contributed by atoms with Crippen molar-refractivity contribution in [3.63, 3.8) is 0 Å². The zero-order valence-electron chi connectivity index (χ0n) is 20.0. The first-order chi connectivity index (χ1) is 18.0. The van der Waals surface area contributed by atoms with Gasteiger partial charge >= 0.3 is 17.9 Å². The number of rotatable bonds is 9. The fourth-order valence-corrected chi connectivity index (χ4v) is 3.91. The summed E-state index contributed by atoms with van der Waals surface area (Å²) in [6.07, 6.45) is -6.21. The smallest absolute Gasteiger partial charge is 0.338 e. The van der Waals surface area contributed by atoms with Crippen molar-refractivity contribution in [2.24, 2.45) is 0 Å². The van der Waals surface area contributed by atoms with Gasteiger partial charge in [-0.1, -0.05) is 54.6 Å². The number of esters is 3. The van der Waals surface area contributed by atoms with Crippen LogP contribution in [0.15, 0.2) is 91.0 Å². The van der Waals surface area contributed by atoms with Gasteiger partial charge < -0.3 is 28.8 Å². The Hall–Kier alpha value is -4.05. The summed E-state index contributed by atoms with van der Waals surface area (Å²) < 4.78 is 27.7. The lowest BCUT2D eigenvalue weighted by Gasteiger charge is -2.28. The van der Waals surface area contributed by atoms with Crippen molar-refractivity contribution in [1.82, 2.24) is 0 Å². The molecule has 37 heavy (non-hydrogen) atoms. The highest BCUT2D eigenvalue weighted by Crippen LogP contribution is 2.30. The van der Waals surface area contributed by atoms with E-state index in [0.717, 1.165) is 0 Å². The normalized spacial score (nSPS) is 21.6. The maximum atomic E-state index is 12.9. The lowest BCUT2D eigenvalue weighted by atomic mass is 10.0. The molecule has 1 saturated heterocycles. The number of hydrogen-bond acceptors (Lipinski definition) is 9. The Morgan fingerprint density at radius 3 is 1.76 bits per heavy atom. The van der Waals surface area contributed by atoms with E-state index in [9.17, 15) is 19.5 Å². The van der Waals surface area contributed by atoms with Gasteiger partial charge in [0.2, 0.25) is 0 Å². The molecule has 0 bridgehead atoms. The summed E-state index contributed by atoms with van der Waals surface area (Å²) in [6, 6.07) is 24.7. The van der Waals surface area contributed by atoms with E-state index >= 15 is 0 Å². The number of hydrogen-bond donors (Lipinski definition) is 1. The summed E-state index contributed by atoms with van der Waals surface area (Å²) in [5.41, 5.74) is 0.817. The van der Waals surface area contributed by atoms with Crippen molar-refractivity contribution in [2.75, 3.05) is 13.7 Å². The van der Waals surface area contributed by atoms with Crippen LogP contribution in [-0.4, -0.2) is 67.4 Å². The molecule has 1 N–H and O–H groups in total. The SMILES string of the molecule is CO[C@@H]1[C@@H](OC(=O)c2ccccc2)[C@H]([C@@H](COC(=O)c2ccccc2)OC(=O)c2ccccc2)O[C@H]1O. The molecule has 0 aromatic heterocycles. The topological polar surface area (TPSA) is 118 Å². The van der Waals surface area contributed by atoms with Crippen LogP contribution in [0.5, 0.6) is 0 Å². The summed E-state index contributed by atoms with van der Waals surface area (Å²) in [5, 5.41) is 10.5. The molecule has 0 saturated carbocycles. The molecule has 9 nitrogen and oxygen atoms in total. The summed E-state index contributed by atoms with van der Waals surface area (Å²) in [6.45, 7) is -0.431. The van der Waals surface area contributed by atoms with Gasteiger partial charge in [-0.3, -0.25) is 0 Å². The minimum atomic E-state index is -1.49. The number of aliphatic hydroxyl groups is 1. The second-order valence-corrected chi connectivity index (χ2v) is 8.20. The molecule has 0 spiro atoms. The van der Waals surface area contributed by atoms with Crippen LogP contribution in [0.25, 0.3) is 0 Å². The van der Waals surface area contributed by atoms with Gasteiger partial charge in [-0.05, 0) is 36.4 Å². The number of ether oxygens (including phenoxy) is 5.